The average molecular weight is 301 g/mol. The Morgan fingerprint density at radius 3 is 2.95 bits per heavy atom. The van der Waals surface area contributed by atoms with E-state index in [1.54, 1.807) is 18.4 Å². The highest BCUT2D eigenvalue weighted by Crippen LogP contribution is 2.23. The van der Waals surface area contributed by atoms with Gasteiger partial charge in [-0.3, -0.25) is 0 Å². The minimum atomic E-state index is 0.416. The van der Waals surface area contributed by atoms with Gasteiger partial charge in [-0.05, 0) is 31.2 Å². The van der Waals surface area contributed by atoms with Gasteiger partial charge in [0, 0.05) is 15.3 Å². The topological polar surface area (TPSA) is 60.2 Å². The van der Waals surface area contributed by atoms with Crippen LogP contribution in [-0.4, -0.2) is 17.3 Å². The van der Waals surface area contributed by atoms with Crippen LogP contribution in [0.4, 0.5) is 6.01 Å². The number of rotatable bonds is 5. The van der Waals surface area contributed by atoms with Crippen LogP contribution in [-0.2, 0) is 6.54 Å². The maximum absolute atomic E-state index is 5.21. The van der Waals surface area contributed by atoms with Gasteiger partial charge in [0.15, 0.2) is 0 Å². The van der Waals surface area contributed by atoms with Crippen LogP contribution in [0.15, 0.2) is 40.9 Å². The van der Waals surface area contributed by atoms with Gasteiger partial charge in [0.25, 0.3) is 0 Å². The minimum Gasteiger partial charge on any atom is -0.497 e. The first-order valence-electron chi connectivity index (χ1n) is 6.52. The van der Waals surface area contributed by atoms with Crippen molar-refractivity contribution in [1.29, 1.82) is 0 Å². The summed E-state index contributed by atoms with van der Waals surface area (Å²) < 4.78 is 10.4. The summed E-state index contributed by atoms with van der Waals surface area (Å²) in [6.07, 6.45) is 0. The standard InChI is InChI=1S/C15H15N3O2S/c1-10-6-7-13(21-10)9-16-15-17-14(18-20-15)11-4-3-5-12(8-11)19-2/h3-8H,9H2,1-2H3,(H,16,17,18). The molecule has 0 aliphatic heterocycles. The van der Waals surface area contributed by atoms with Gasteiger partial charge in [-0.15, -0.1) is 11.3 Å². The van der Waals surface area contributed by atoms with Crippen LogP contribution in [0.25, 0.3) is 11.4 Å². The molecule has 0 spiro atoms. The fraction of sp³-hybridized carbons (Fsp3) is 0.200. The first kappa shape index (κ1) is 13.6. The van der Waals surface area contributed by atoms with E-state index < -0.39 is 0 Å². The minimum absolute atomic E-state index is 0.416. The number of nitrogens with zero attached hydrogens (tertiary/aromatic N) is 2. The molecule has 21 heavy (non-hydrogen) atoms. The number of methoxy groups -OCH3 is 1. The van der Waals surface area contributed by atoms with Gasteiger partial charge >= 0.3 is 6.01 Å². The van der Waals surface area contributed by atoms with Crippen LogP contribution >= 0.6 is 11.3 Å². The number of aryl methyl sites for hydroxylation is 1. The molecule has 0 saturated carbocycles. The van der Waals surface area contributed by atoms with Crippen molar-refractivity contribution in [2.45, 2.75) is 13.5 Å². The van der Waals surface area contributed by atoms with Gasteiger partial charge in [-0.2, -0.15) is 4.98 Å². The summed E-state index contributed by atoms with van der Waals surface area (Å²) in [5, 5.41) is 7.11. The summed E-state index contributed by atoms with van der Waals surface area (Å²) in [5.41, 5.74) is 0.859. The summed E-state index contributed by atoms with van der Waals surface area (Å²) in [5.74, 6) is 1.31. The summed E-state index contributed by atoms with van der Waals surface area (Å²) in [6, 6.07) is 12.2. The lowest BCUT2D eigenvalue weighted by Gasteiger charge is -2.00. The van der Waals surface area contributed by atoms with Crippen molar-refractivity contribution >= 4 is 17.4 Å². The molecule has 0 atom stereocenters. The fourth-order valence-electron chi connectivity index (χ4n) is 1.92. The normalized spacial score (nSPS) is 10.6. The van der Waals surface area contributed by atoms with Gasteiger partial charge in [0.2, 0.25) is 5.82 Å². The summed E-state index contributed by atoms with van der Waals surface area (Å²) in [7, 11) is 1.63. The van der Waals surface area contributed by atoms with Crippen LogP contribution in [0.5, 0.6) is 5.75 Å². The third-order valence-electron chi connectivity index (χ3n) is 2.96. The molecule has 0 radical (unpaired) electrons. The Morgan fingerprint density at radius 1 is 1.29 bits per heavy atom. The van der Waals surface area contributed by atoms with Crippen LogP contribution in [0.3, 0.4) is 0 Å². The van der Waals surface area contributed by atoms with E-state index in [0.717, 1.165) is 11.3 Å². The Hall–Kier alpha value is -2.34. The van der Waals surface area contributed by atoms with Crippen molar-refractivity contribution in [3.05, 3.63) is 46.2 Å². The SMILES string of the molecule is COc1cccc(-c2noc(NCc3ccc(C)s3)n2)c1. The first-order valence-corrected chi connectivity index (χ1v) is 7.33. The van der Waals surface area contributed by atoms with E-state index >= 15 is 0 Å². The van der Waals surface area contributed by atoms with E-state index in [1.165, 1.54) is 9.75 Å². The number of aromatic nitrogens is 2. The lowest BCUT2D eigenvalue weighted by Crippen LogP contribution is -1.97. The molecule has 0 fully saturated rings. The van der Waals surface area contributed by atoms with E-state index in [-0.39, 0.29) is 0 Å². The van der Waals surface area contributed by atoms with Crippen LogP contribution in [0.1, 0.15) is 9.75 Å². The zero-order valence-corrected chi connectivity index (χ0v) is 12.6. The lowest BCUT2D eigenvalue weighted by atomic mass is 10.2. The Morgan fingerprint density at radius 2 is 2.19 bits per heavy atom. The molecule has 6 heteroatoms. The monoisotopic (exact) mass is 301 g/mol. The van der Waals surface area contributed by atoms with Crippen molar-refractivity contribution in [1.82, 2.24) is 10.1 Å². The third-order valence-corrected chi connectivity index (χ3v) is 3.96. The Kier molecular flexibility index (Phi) is 3.87. The summed E-state index contributed by atoms with van der Waals surface area (Å²) in [6.45, 7) is 2.76. The number of hydrogen-bond donors (Lipinski definition) is 1. The third kappa shape index (κ3) is 3.22. The van der Waals surface area contributed by atoms with Gasteiger partial charge < -0.3 is 14.6 Å². The van der Waals surface area contributed by atoms with E-state index in [9.17, 15) is 0 Å². The van der Waals surface area contributed by atoms with Gasteiger partial charge in [0.1, 0.15) is 5.75 Å². The largest absolute Gasteiger partial charge is 0.497 e. The second-order valence-electron chi connectivity index (χ2n) is 4.52. The number of ether oxygens (including phenoxy) is 1. The number of anilines is 1. The fourth-order valence-corrected chi connectivity index (χ4v) is 2.75. The van der Waals surface area contributed by atoms with Gasteiger partial charge in [-0.1, -0.05) is 17.3 Å². The first-order chi connectivity index (χ1) is 10.2. The summed E-state index contributed by atoms with van der Waals surface area (Å²) >= 11 is 1.75. The quantitative estimate of drug-likeness (QED) is 0.778. The molecule has 0 aliphatic carbocycles. The molecule has 5 nitrogen and oxygen atoms in total. The van der Waals surface area contributed by atoms with Gasteiger partial charge in [-0.25, -0.2) is 0 Å². The van der Waals surface area contributed by atoms with Crippen molar-refractivity contribution < 1.29 is 9.26 Å². The predicted molar refractivity (Wildman–Crippen MR) is 82.7 cm³/mol. The highest BCUT2D eigenvalue weighted by atomic mass is 32.1. The maximum Gasteiger partial charge on any atom is 0.322 e. The number of thiophene rings is 1. The molecule has 108 valence electrons. The molecule has 1 aromatic carbocycles. The van der Waals surface area contributed by atoms with Crippen molar-refractivity contribution in [2.75, 3.05) is 12.4 Å². The molecule has 2 aromatic heterocycles. The molecule has 1 N–H and O–H groups in total. The van der Waals surface area contributed by atoms with E-state index in [1.807, 2.05) is 24.3 Å². The molecule has 0 amide bonds. The van der Waals surface area contributed by atoms with Gasteiger partial charge in [0.05, 0.1) is 13.7 Å². The smallest absolute Gasteiger partial charge is 0.322 e. The number of benzene rings is 1. The van der Waals surface area contributed by atoms with Crippen molar-refractivity contribution in [3.63, 3.8) is 0 Å². The molecular weight excluding hydrogens is 286 g/mol. The Labute approximate surface area is 126 Å². The summed E-state index contributed by atoms with van der Waals surface area (Å²) in [4.78, 5) is 6.85. The van der Waals surface area contributed by atoms with E-state index in [0.29, 0.717) is 18.4 Å². The van der Waals surface area contributed by atoms with Crippen molar-refractivity contribution in [3.8, 4) is 17.1 Å². The van der Waals surface area contributed by atoms with Crippen LogP contribution in [0.2, 0.25) is 0 Å². The average Bonchev–Trinajstić information content (AvgIpc) is 3.14. The second kappa shape index (κ2) is 5.97. The molecule has 0 bridgehead atoms. The second-order valence-corrected chi connectivity index (χ2v) is 5.89. The van der Waals surface area contributed by atoms with Crippen molar-refractivity contribution in [2.24, 2.45) is 0 Å². The molecule has 0 aliphatic rings. The lowest BCUT2D eigenvalue weighted by molar-refractivity contribution is 0.414. The van der Waals surface area contributed by atoms with E-state index in [4.69, 9.17) is 9.26 Å². The number of hydrogen-bond acceptors (Lipinski definition) is 6. The van der Waals surface area contributed by atoms with Crippen LogP contribution < -0.4 is 10.1 Å². The highest BCUT2D eigenvalue weighted by molar-refractivity contribution is 7.11. The predicted octanol–water partition coefficient (Wildman–Crippen LogP) is 3.73. The molecule has 0 unspecified atom stereocenters. The molecular formula is C15H15N3O2S. The Bertz CT molecular complexity index is 736. The molecule has 3 aromatic rings. The zero-order valence-electron chi connectivity index (χ0n) is 11.8. The maximum atomic E-state index is 5.21. The molecule has 3 rings (SSSR count). The highest BCUT2D eigenvalue weighted by Gasteiger charge is 2.09. The molecule has 2 heterocycles. The van der Waals surface area contributed by atoms with E-state index in [2.05, 4.69) is 34.5 Å². The Balaban J connectivity index is 1.70. The number of nitrogens with one attached hydrogen (secondary N) is 1. The molecule has 0 saturated heterocycles. The zero-order chi connectivity index (χ0) is 14.7. The van der Waals surface area contributed by atoms with Crippen LogP contribution in [0, 0.1) is 6.92 Å².